The molecule has 2 amide bonds. The lowest BCUT2D eigenvalue weighted by atomic mass is 9.95. The summed E-state index contributed by atoms with van der Waals surface area (Å²) in [4.78, 5) is 31.6. The minimum absolute atomic E-state index is 0.280. The fraction of sp³-hybridized carbons (Fsp3) is 0.259. The summed E-state index contributed by atoms with van der Waals surface area (Å²) in [6.07, 6.45) is 4.53. The highest BCUT2D eigenvalue weighted by molar-refractivity contribution is 6.50. The van der Waals surface area contributed by atoms with E-state index in [4.69, 9.17) is 4.74 Å². The number of carbonyl (C=O) groups excluding carboxylic acids is 2. The number of nitrogens with zero attached hydrogens (tertiary/aromatic N) is 2. The summed E-state index contributed by atoms with van der Waals surface area (Å²) >= 11 is 0. The first kappa shape index (κ1) is 21.8. The summed E-state index contributed by atoms with van der Waals surface area (Å²) in [7, 11) is 0. The van der Waals surface area contributed by atoms with Gasteiger partial charge >= 0.3 is 0 Å². The first-order chi connectivity index (χ1) is 17.1. The van der Waals surface area contributed by atoms with Gasteiger partial charge in [-0.05, 0) is 30.7 Å². The molecular weight excluding hydrogens is 447 g/mol. The number of hydrogen-bond donors (Lipinski definition) is 2. The molecule has 7 nitrogen and oxygen atoms in total. The maximum absolute atomic E-state index is 14.3. The van der Waals surface area contributed by atoms with Crippen LogP contribution >= 0.6 is 0 Å². The van der Waals surface area contributed by atoms with Crippen LogP contribution in [0.15, 0.2) is 54.9 Å². The summed E-state index contributed by atoms with van der Waals surface area (Å²) in [6.45, 7) is 5.00. The van der Waals surface area contributed by atoms with Gasteiger partial charge in [0, 0.05) is 71.5 Å². The van der Waals surface area contributed by atoms with Crippen molar-refractivity contribution in [2.24, 2.45) is 0 Å². The van der Waals surface area contributed by atoms with E-state index in [9.17, 15) is 14.0 Å². The summed E-state index contributed by atoms with van der Waals surface area (Å²) in [5, 5.41) is 3.93. The average molecular weight is 473 g/mol. The van der Waals surface area contributed by atoms with E-state index in [0.29, 0.717) is 28.6 Å². The number of para-hydroxylation sites is 1. The fourth-order valence-electron chi connectivity index (χ4n) is 5.19. The van der Waals surface area contributed by atoms with E-state index in [1.54, 1.807) is 12.3 Å². The quantitative estimate of drug-likeness (QED) is 0.421. The third kappa shape index (κ3) is 3.84. The van der Waals surface area contributed by atoms with E-state index < -0.39 is 11.8 Å². The van der Waals surface area contributed by atoms with Crippen molar-refractivity contribution in [3.8, 4) is 0 Å². The standard InChI is InChI=1S/C27H25FN4O3/c28-17-6-7-23-19(14-17)21(16-32(23)9-3-8-31-10-12-35-13-11-31)25-24(26(33)30-27(25)34)20-15-29-22-5-2-1-4-18(20)22/h1-2,4-7,14-16,29H,3,8-13H2,(H,30,33,34). The second kappa shape index (κ2) is 8.79. The highest BCUT2D eigenvalue weighted by atomic mass is 19.1. The number of carbonyl (C=O) groups is 2. The summed E-state index contributed by atoms with van der Waals surface area (Å²) in [5.41, 5.74) is 3.52. The van der Waals surface area contributed by atoms with Crippen LogP contribution in [-0.4, -0.2) is 59.1 Å². The Balaban J connectivity index is 1.44. The predicted octanol–water partition coefficient (Wildman–Crippen LogP) is 3.55. The molecule has 1 fully saturated rings. The molecule has 0 spiro atoms. The monoisotopic (exact) mass is 472 g/mol. The topological polar surface area (TPSA) is 79.4 Å². The van der Waals surface area contributed by atoms with Crippen LogP contribution in [0, 0.1) is 5.82 Å². The Labute approximate surface area is 201 Å². The number of ether oxygens (including phenoxy) is 1. The molecule has 2 N–H and O–H groups in total. The maximum atomic E-state index is 14.3. The number of H-pyrrole nitrogens is 1. The largest absolute Gasteiger partial charge is 0.379 e. The molecule has 0 aliphatic carbocycles. The molecule has 35 heavy (non-hydrogen) atoms. The Kier molecular flexibility index (Phi) is 5.47. The van der Waals surface area contributed by atoms with Gasteiger partial charge in [-0.25, -0.2) is 4.39 Å². The Hall–Kier alpha value is -3.75. The maximum Gasteiger partial charge on any atom is 0.259 e. The molecule has 6 rings (SSSR count). The third-order valence-electron chi connectivity index (χ3n) is 6.88. The Morgan fingerprint density at radius 3 is 2.51 bits per heavy atom. The van der Waals surface area contributed by atoms with Crippen molar-refractivity contribution in [3.05, 3.63) is 71.8 Å². The van der Waals surface area contributed by atoms with Crippen molar-refractivity contribution in [2.45, 2.75) is 13.0 Å². The zero-order valence-corrected chi connectivity index (χ0v) is 19.1. The van der Waals surface area contributed by atoms with Gasteiger partial charge in [0.1, 0.15) is 5.82 Å². The van der Waals surface area contributed by atoms with Crippen LogP contribution < -0.4 is 5.32 Å². The number of amides is 2. The van der Waals surface area contributed by atoms with Crippen molar-refractivity contribution in [1.82, 2.24) is 19.8 Å². The average Bonchev–Trinajstić information content (AvgIpc) is 3.52. The minimum atomic E-state index is -0.466. The number of hydrogen-bond acceptors (Lipinski definition) is 4. The number of aromatic nitrogens is 2. The molecule has 2 aliphatic rings. The van der Waals surface area contributed by atoms with Crippen LogP contribution in [0.2, 0.25) is 0 Å². The van der Waals surface area contributed by atoms with Crippen LogP contribution in [0.1, 0.15) is 17.5 Å². The number of halogens is 1. The smallest absolute Gasteiger partial charge is 0.259 e. The van der Waals surface area contributed by atoms with Gasteiger partial charge in [-0.2, -0.15) is 0 Å². The molecule has 178 valence electrons. The number of morpholine rings is 1. The lowest BCUT2D eigenvalue weighted by molar-refractivity contribution is -0.122. The zero-order chi connectivity index (χ0) is 23.9. The molecule has 2 aromatic carbocycles. The molecule has 8 heteroatoms. The Morgan fingerprint density at radius 1 is 0.914 bits per heavy atom. The van der Waals surface area contributed by atoms with Gasteiger partial charge < -0.3 is 14.3 Å². The van der Waals surface area contributed by atoms with E-state index in [-0.39, 0.29) is 11.4 Å². The number of rotatable bonds is 6. The van der Waals surface area contributed by atoms with Gasteiger partial charge in [0.25, 0.3) is 11.8 Å². The summed E-state index contributed by atoms with van der Waals surface area (Å²) in [5.74, 6) is -1.30. The van der Waals surface area contributed by atoms with Gasteiger partial charge in [-0.3, -0.25) is 19.8 Å². The molecule has 0 atom stereocenters. The van der Waals surface area contributed by atoms with E-state index >= 15 is 0 Å². The van der Waals surface area contributed by atoms with Crippen LogP contribution in [0.25, 0.3) is 33.0 Å². The van der Waals surface area contributed by atoms with Crippen molar-refractivity contribution >= 4 is 44.8 Å². The van der Waals surface area contributed by atoms with Crippen LogP contribution in [0.4, 0.5) is 4.39 Å². The van der Waals surface area contributed by atoms with Crippen molar-refractivity contribution in [3.63, 3.8) is 0 Å². The molecule has 0 radical (unpaired) electrons. The van der Waals surface area contributed by atoms with Gasteiger partial charge in [-0.15, -0.1) is 0 Å². The first-order valence-electron chi connectivity index (χ1n) is 11.9. The summed E-state index contributed by atoms with van der Waals surface area (Å²) in [6, 6.07) is 12.2. The Bertz CT molecular complexity index is 1490. The number of aromatic amines is 1. The molecule has 1 saturated heterocycles. The Morgan fingerprint density at radius 2 is 1.69 bits per heavy atom. The lowest BCUT2D eigenvalue weighted by Gasteiger charge is -2.26. The van der Waals surface area contributed by atoms with Crippen molar-refractivity contribution in [2.75, 3.05) is 32.8 Å². The number of aryl methyl sites for hydroxylation is 1. The number of imide groups is 1. The first-order valence-corrected chi connectivity index (χ1v) is 11.9. The number of fused-ring (bicyclic) bond motifs is 2. The molecule has 2 aromatic heterocycles. The number of nitrogens with one attached hydrogen (secondary N) is 2. The second-order valence-corrected chi connectivity index (χ2v) is 8.99. The van der Waals surface area contributed by atoms with E-state index in [1.807, 2.05) is 30.5 Å². The van der Waals surface area contributed by atoms with Crippen LogP contribution in [0.5, 0.6) is 0 Å². The molecule has 2 aliphatic heterocycles. The van der Waals surface area contributed by atoms with Gasteiger partial charge in [0.15, 0.2) is 0 Å². The molecular formula is C27H25FN4O3. The molecule has 4 heterocycles. The van der Waals surface area contributed by atoms with Crippen molar-refractivity contribution < 1.29 is 18.7 Å². The van der Waals surface area contributed by atoms with Crippen LogP contribution in [-0.2, 0) is 20.9 Å². The minimum Gasteiger partial charge on any atom is -0.379 e. The van der Waals surface area contributed by atoms with E-state index in [1.165, 1.54) is 12.1 Å². The predicted molar refractivity (Wildman–Crippen MR) is 132 cm³/mol. The molecule has 0 unspecified atom stereocenters. The van der Waals surface area contributed by atoms with Gasteiger partial charge in [0.05, 0.1) is 24.4 Å². The van der Waals surface area contributed by atoms with Gasteiger partial charge in [-0.1, -0.05) is 18.2 Å². The van der Waals surface area contributed by atoms with Gasteiger partial charge in [0.2, 0.25) is 0 Å². The second-order valence-electron chi connectivity index (χ2n) is 8.99. The van der Waals surface area contributed by atoms with Crippen molar-refractivity contribution in [1.29, 1.82) is 0 Å². The highest BCUT2D eigenvalue weighted by Crippen LogP contribution is 2.38. The lowest BCUT2D eigenvalue weighted by Crippen LogP contribution is -2.37. The molecule has 4 aromatic rings. The van der Waals surface area contributed by atoms with Crippen LogP contribution in [0.3, 0.4) is 0 Å². The highest BCUT2D eigenvalue weighted by Gasteiger charge is 2.35. The zero-order valence-electron chi connectivity index (χ0n) is 19.1. The normalized spacial score (nSPS) is 17.2. The molecule has 0 bridgehead atoms. The fourth-order valence-corrected chi connectivity index (χ4v) is 5.19. The third-order valence-corrected chi connectivity index (χ3v) is 6.88. The number of benzene rings is 2. The summed E-state index contributed by atoms with van der Waals surface area (Å²) < 4.78 is 21.8. The van der Waals surface area contributed by atoms with E-state index in [2.05, 4.69) is 19.8 Å². The van der Waals surface area contributed by atoms with E-state index in [0.717, 1.165) is 55.7 Å². The SMILES string of the molecule is O=C1NC(=O)C(c2cn(CCCN3CCOCC3)c3ccc(F)cc23)=C1c1c[nH]c2ccccc12. The molecule has 0 saturated carbocycles.